The molecule has 0 unspecified atom stereocenters. The van der Waals surface area contributed by atoms with Gasteiger partial charge in [-0.3, -0.25) is 0 Å². The zero-order valence-corrected chi connectivity index (χ0v) is 9.02. The van der Waals surface area contributed by atoms with E-state index in [1.807, 2.05) is 19.1 Å². The fraction of sp³-hybridized carbons (Fsp3) is 0.250. The predicted molar refractivity (Wildman–Crippen MR) is 60.3 cm³/mol. The maximum absolute atomic E-state index is 12.9. The van der Waals surface area contributed by atoms with Crippen LogP contribution in [0.1, 0.15) is 18.9 Å². The minimum atomic E-state index is -0.201. The van der Waals surface area contributed by atoms with Crippen LogP contribution in [0, 0.1) is 5.82 Å². The molecule has 0 fully saturated rings. The lowest BCUT2D eigenvalue weighted by Crippen LogP contribution is -1.87. The Kier molecular flexibility index (Phi) is 4.51. The first-order chi connectivity index (χ1) is 6.74. The summed E-state index contributed by atoms with van der Waals surface area (Å²) in [6, 6.07) is 4.65. The number of halogens is 1. The number of aryl methyl sites for hydroxylation is 1. The third-order valence-electron chi connectivity index (χ3n) is 1.88. The highest BCUT2D eigenvalue weighted by Gasteiger charge is 1.99. The van der Waals surface area contributed by atoms with E-state index >= 15 is 0 Å². The summed E-state index contributed by atoms with van der Waals surface area (Å²) >= 11 is 4.26. The van der Waals surface area contributed by atoms with Crippen molar-refractivity contribution in [3.63, 3.8) is 0 Å². The Morgan fingerprint density at radius 3 is 3.00 bits per heavy atom. The van der Waals surface area contributed by atoms with Crippen LogP contribution in [-0.4, -0.2) is 0 Å². The third-order valence-corrected chi connectivity index (χ3v) is 2.32. The second kappa shape index (κ2) is 5.69. The molecule has 0 aliphatic heterocycles. The molecule has 1 aromatic carbocycles. The van der Waals surface area contributed by atoms with Gasteiger partial charge in [-0.1, -0.05) is 0 Å². The SMILES string of the molecule is CC=C=CCCc1cc(F)ccc1S. The summed E-state index contributed by atoms with van der Waals surface area (Å²) in [7, 11) is 0. The number of allylic oxidation sites excluding steroid dienone is 1. The van der Waals surface area contributed by atoms with Crippen LogP contribution in [-0.2, 0) is 6.42 Å². The summed E-state index contributed by atoms with van der Waals surface area (Å²) in [6.45, 7) is 1.92. The van der Waals surface area contributed by atoms with Crippen LogP contribution in [0.15, 0.2) is 41.0 Å². The molecule has 0 saturated carbocycles. The van der Waals surface area contributed by atoms with Crippen LogP contribution >= 0.6 is 12.6 Å². The molecule has 0 aromatic heterocycles. The quantitative estimate of drug-likeness (QED) is 0.567. The van der Waals surface area contributed by atoms with Gasteiger partial charge in [0.15, 0.2) is 0 Å². The van der Waals surface area contributed by atoms with Gasteiger partial charge >= 0.3 is 0 Å². The summed E-state index contributed by atoms with van der Waals surface area (Å²) in [5.41, 5.74) is 3.93. The fourth-order valence-corrected chi connectivity index (χ4v) is 1.43. The largest absolute Gasteiger partial charge is 0.207 e. The molecule has 14 heavy (non-hydrogen) atoms. The highest BCUT2D eigenvalue weighted by Crippen LogP contribution is 2.16. The summed E-state index contributed by atoms with van der Waals surface area (Å²) in [4.78, 5) is 0.847. The van der Waals surface area contributed by atoms with Crippen LogP contribution in [0.5, 0.6) is 0 Å². The van der Waals surface area contributed by atoms with Crippen LogP contribution < -0.4 is 0 Å². The molecule has 0 spiro atoms. The topological polar surface area (TPSA) is 0 Å². The van der Waals surface area contributed by atoms with Gasteiger partial charge in [-0.05, 0) is 55.7 Å². The number of benzene rings is 1. The zero-order valence-electron chi connectivity index (χ0n) is 8.13. The van der Waals surface area contributed by atoms with Crippen molar-refractivity contribution in [2.75, 3.05) is 0 Å². The maximum atomic E-state index is 12.9. The van der Waals surface area contributed by atoms with Gasteiger partial charge in [0.25, 0.3) is 0 Å². The summed E-state index contributed by atoms with van der Waals surface area (Å²) < 4.78 is 12.9. The second-order valence-corrected chi connectivity index (χ2v) is 3.45. The average molecular weight is 208 g/mol. The van der Waals surface area contributed by atoms with E-state index in [0.29, 0.717) is 0 Å². The summed E-state index contributed by atoms with van der Waals surface area (Å²) in [6.07, 6.45) is 5.46. The minimum absolute atomic E-state index is 0.201. The molecular formula is C12H13FS. The molecule has 0 saturated heterocycles. The van der Waals surface area contributed by atoms with Gasteiger partial charge in [-0.15, -0.1) is 18.4 Å². The Morgan fingerprint density at radius 1 is 1.50 bits per heavy atom. The van der Waals surface area contributed by atoms with Gasteiger partial charge in [-0.25, -0.2) is 4.39 Å². The molecule has 2 heteroatoms. The molecule has 0 aliphatic rings. The molecule has 0 N–H and O–H groups in total. The van der Waals surface area contributed by atoms with Crippen molar-refractivity contribution in [2.24, 2.45) is 0 Å². The van der Waals surface area contributed by atoms with Crippen molar-refractivity contribution < 1.29 is 4.39 Å². The van der Waals surface area contributed by atoms with Crippen molar-refractivity contribution in [3.05, 3.63) is 47.5 Å². The van der Waals surface area contributed by atoms with Crippen LogP contribution in [0.25, 0.3) is 0 Å². The second-order valence-electron chi connectivity index (χ2n) is 2.97. The van der Waals surface area contributed by atoms with Gasteiger partial charge in [0.1, 0.15) is 5.82 Å². The van der Waals surface area contributed by atoms with E-state index in [0.717, 1.165) is 23.3 Å². The highest BCUT2D eigenvalue weighted by molar-refractivity contribution is 7.80. The lowest BCUT2D eigenvalue weighted by atomic mass is 10.1. The Balaban J connectivity index is 2.66. The Bertz CT molecular complexity index is 363. The van der Waals surface area contributed by atoms with E-state index < -0.39 is 0 Å². The zero-order chi connectivity index (χ0) is 10.4. The molecular weight excluding hydrogens is 195 g/mol. The minimum Gasteiger partial charge on any atom is -0.207 e. The number of thiol groups is 1. The van der Waals surface area contributed by atoms with E-state index in [-0.39, 0.29) is 5.82 Å². The number of rotatable bonds is 3. The van der Waals surface area contributed by atoms with E-state index in [4.69, 9.17) is 0 Å². The van der Waals surface area contributed by atoms with Gasteiger partial charge < -0.3 is 0 Å². The van der Waals surface area contributed by atoms with Crippen molar-refractivity contribution in [2.45, 2.75) is 24.7 Å². The van der Waals surface area contributed by atoms with Gasteiger partial charge in [0.2, 0.25) is 0 Å². The van der Waals surface area contributed by atoms with Crippen molar-refractivity contribution in [1.29, 1.82) is 0 Å². The molecule has 0 aliphatic carbocycles. The first-order valence-electron chi connectivity index (χ1n) is 4.57. The monoisotopic (exact) mass is 208 g/mol. The summed E-state index contributed by atoms with van der Waals surface area (Å²) in [5, 5.41) is 0. The molecule has 0 nitrogen and oxygen atoms in total. The van der Waals surface area contributed by atoms with Crippen molar-refractivity contribution in [1.82, 2.24) is 0 Å². The molecule has 0 bridgehead atoms. The lowest BCUT2D eigenvalue weighted by Gasteiger charge is -2.02. The lowest BCUT2D eigenvalue weighted by molar-refractivity contribution is 0.623. The van der Waals surface area contributed by atoms with E-state index in [1.54, 1.807) is 6.07 Å². The molecule has 74 valence electrons. The average Bonchev–Trinajstić information content (AvgIpc) is 2.18. The van der Waals surface area contributed by atoms with Crippen LogP contribution in [0.3, 0.4) is 0 Å². The number of hydrogen-bond acceptors (Lipinski definition) is 1. The Morgan fingerprint density at radius 2 is 2.29 bits per heavy atom. The molecule has 0 heterocycles. The van der Waals surface area contributed by atoms with Crippen molar-refractivity contribution in [3.8, 4) is 0 Å². The molecule has 0 radical (unpaired) electrons. The summed E-state index contributed by atoms with van der Waals surface area (Å²) in [5.74, 6) is -0.201. The number of hydrogen-bond donors (Lipinski definition) is 1. The standard InChI is InChI=1S/C12H13FS/c1-2-3-4-5-6-10-9-11(13)7-8-12(10)14/h2,4,7-9,14H,5-6H2,1H3. The van der Waals surface area contributed by atoms with Gasteiger partial charge in [-0.2, -0.15) is 0 Å². The highest BCUT2D eigenvalue weighted by atomic mass is 32.1. The first-order valence-corrected chi connectivity index (χ1v) is 5.01. The molecule has 0 amide bonds. The van der Waals surface area contributed by atoms with E-state index in [2.05, 4.69) is 18.4 Å². The Hall–Kier alpha value is -0.980. The van der Waals surface area contributed by atoms with Crippen LogP contribution in [0.4, 0.5) is 4.39 Å². The fourth-order valence-electron chi connectivity index (χ4n) is 1.18. The normalized spacial score (nSPS) is 9.36. The maximum Gasteiger partial charge on any atom is 0.123 e. The predicted octanol–water partition coefficient (Wildman–Crippen LogP) is 3.78. The van der Waals surface area contributed by atoms with Crippen LogP contribution in [0.2, 0.25) is 0 Å². The third kappa shape index (κ3) is 3.41. The van der Waals surface area contributed by atoms with Gasteiger partial charge in [0, 0.05) is 4.90 Å². The van der Waals surface area contributed by atoms with Gasteiger partial charge in [0.05, 0.1) is 0 Å². The van der Waals surface area contributed by atoms with E-state index in [9.17, 15) is 4.39 Å². The molecule has 1 aromatic rings. The Labute approximate surface area is 89.6 Å². The first kappa shape index (κ1) is 11.1. The van der Waals surface area contributed by atoms with E-state index in [1.165, 1.54) is 12.1 Å². The smallest absolute Gasteiger partial charge is 0.123 e. The molecule has 0 atom stereocenters. The van der Waals surface area contributed by atoms with Crippen molar-refractivity contribution >= 4 is 12.6 Å². The molecule has 1 rings (SSSR count).